The van der Waals surface area contributed by atoms with Gasteiger partial charge in [-0.05, 0) is 33.6 Å². The zero-order valence-electron chi connectivity index (χ0n) is 14.4. The number of amides is 2. The van der Waals surface area contributed by atoms with Crippen molar-refractivity contribution in [3.05, 3.63) is 0 Å². The predicted molar refractivity (Wildman–Crippen MR) is 85.7 cm³/mol. The summed E-state index contributed by atoms with van der Waals surface area (Å²) in [6.45, 7) is 7.21. The lowest BCUT2D eigenvalue weighted by Crippen LogP contribution is -2.61. The Hall–Kier alpha value is -1.74. The van der Waals surface area contributed by atoms with Gasteiger partial charge in [-0.25, -0.2) is 4.79 Å². The summed E-state index contributed by atoms with van der Waals surface area (Å²) in [4.78, 5) is 27.6. The van der Waals surface area contributed by atoms with Gasteiger partial charge < -0.3 is 19.3 Å². The van der Waals surface area contributed by atoms with Crippen LogP contribution in [0.2, 0.25) is 0 Å². The summed E-state index contributed by atoms with van der Waals surface area (Å²) in [6, 6.07) is 0. The Bertz CT molecular complexity index is 510. The van der Waals surface area contributed by atoms with Crippen LogP contribution in [0.1, 0.15) is 40.0 Å². The predicted octanol–water partition coefficient (Wildman–Crippen LogP) is 1.64. The molecule has 2 rings (SSSR count). The second-order valence-electron chi connectivity index (χ2n) is 7.36. The van der Waals surface area contributed by atoms with E-state index in [-0.39, 0.29) is 18.4 Å². The number of ether oxygens (including phenoxy) is 2. The van der Waals surface area contributed by atoms with Crippen LogP contribution in [0.15, 0.2) is 0 Å². The van der Waals surface area contributed by atoms with Crippen LogP contribution in [-0.4, -0.2) is 65.8 Å². The zero-order valence-corrected chi connectivity index (χ0v) is 14.4. The van der Waals surface area contributed by atoms with Crippen LogP contribution < -0.4 is 0 Å². The molecule has 6 nitrogen and oxygen atoms in total. The van der Waals surface area contributed by atoms with E-state index in [1.807, 2.05) is 20.8 Å². The lowest BCUT2D eigenvalue weighted by Gasteiger charge is -2.48. The van der Waals surface area contributed by atoms with Gasteiger partial charge in [0.2, 0.25) is 0 Å². The number of likely N-dealkylation sites (N-methyl/N-ethyl adjacent to an activating group) is 1. The molecule has 0 aliphatic carbocycles. The van der Waals surface area contributed by atoms with Gasteiger partial charge in [0.25, 0.3) is 5.91 Å². The molecule has 0 radical (unpaired) electrons. The quantitative estimate of drug-likeness (QED) is 0.689. The minimum atomic E-state index is -0.577. The Labute approximate surface area is 138 Å². The molecule has 1 atom stereocenters. The minimum absolute atomic E-state index is 0.0665. The third kappa shape index (κ3) is 4.17. The zero-order chi connectivity index (χ0) is 17.3. The summed E-state index contributed by atoms with van der Waals surface area (Å²) in [5, 5.41) is 0. The summed E-state index contributed by atoms with van der Waals surface area (Å²) < 4.78 is 11.5. The number of morpholine rings is 1. The molecule has 2 fully saturated rings. The first-order chi connectivity index (χ1) is 10.7. The van der Waals surface area contributed by atoms with Crippen molar-refractivity contribution in [1.82, 2.24) is 9.80 Å². The number of hydrogen-bond acceptors (Lipinski definition) is 4. The summed E-state index contributed by atoms with van der Waals surface area (Å²) in [5.74, 6) is 2.44. The highest BCUT2D eigenvalue weighted by Gasteiger charge is 2.46. The van der Waals surface area contributed by atoms with E-state index >= 15 is 0 Å². The van der Waals surface area contributed by atoms with Gasteiger partial charge in [-0.1, -0.05) is 0 Å². The van der Waals surface area contributed by atoms with E-state index in [1.54, 1.807) is 16.8 Å². The number of terminal acetylenes is 1. The summed E-state index contributed by atoms with van der Waals surface area (Å²) in [6.07, 6.45) is 6.08. The van der Waals surface area contributed by atoms with Crippen molar-refractivity contribution in [2.24, 2.45) is 0 Å². The van der Waals surface area contributed by atoms with E-state index in [0.29, 0.717) is 32.5 Å². The summed E-state index contributed by atoms with van der Waals surface area (Å²) in [7, 11) is 1.77. The smallest absolute Gasteiger partial charge is 0.410 e. The highest BCUT2D eigenvalue weighted by atomic mass is 16.6. The fraction of sp³-hybridized carbons (Fsp3) is 0.765. The van der Waals surface area contributed by atoms with Crippen molar-refractivity contribution in [2.45, 2.75) is 57.3 Å². The Morgan fingerprint density at radius 3 is 2.57 bits per heavy atom. The molecule has 2 aliphatic rings. The van der Waals surface area contributed by atoms with Crippen molar-refractivity contribution in [2.75, 3.05) is 26.7 Å². The van der Waals surface area contributed by atoms with Crippen LogP contribution >= 0.6 is 0 Å². The van der Waals surface area contributed by atoms with E-state index in [4.69, 9.17) is 15.9 Å². The van der Waals surface area contributed by atoms with E-state index in [1.165, 1.54) is 0 Å². The Kier molecular flexibility index (Phi) is 4.90. The number of nitrogens with zero attached hydrogens (tertiary/aromatic N) is 2. The van der Waals surface area contributed by atoms with Gasteiger partial charge in [0.1, 0.15) is 11.7 Å². The normalized spacial score (nSPS) is 24.5. The maximum Gasteiger partial charge on any atom is 0.410 e. The van der Waals surface area contributed by atoms with E-state index in [2.05, 4.69) is 5.92 Å². The largest absolute Gasteiger partial charge is 0.444 e. The Morgan fingerprint density at radius 1 is 1.43 bits per heavy atom. The first kappa shape index (κ1) is 17.6. The maximum atomic E-state index is 12.1. The van der Waals surface area contributed by atoms with Gasteiger partial charge in [0.05, 0.1) is 5.60 Å². The standard InChI is InChI=1S/C17H26N2O4/c1-6-7-13-14(20)18(5)12-17(22-13)8-10-19(11-9-17)15(21)23-16(2,3)4/h1,13H,7-12H2,2-5H3. The third-order valence-corrected chi connectivity index (χ3v) is 4.20. The van der Waals surface area contributed by atoms with E-state index in [9.17, 15) is 9.59 Å². The molecule has 0 aromatic carbocycles. The van der Waals surface area contributed by atoms with E-state index < -0.39 is 17.3 Å². The lowest BCUT2D eigenvalue weighted by molar-refractivity contribution is -0.188. The Morgan fingerprint density at radius 2 is 2.04 bits per heavy atom. The highest BCUT2D eigenvalue weighted by molar-refractivity contribution is 5.82. The second-order valence-corrected chi connectivity index (χ2v) is 7.36. The van der Waals surface area contributed by atoms with Crippen LogP contribution in [0, 0.1) is 12.3 Å². The molecule has 1 unspecified atom stereocenters. The molecule has 2 aliphatic heterocycles. The SMILES string of the molecule is C#CCC1OC2(CCN(C(=O)OC(C)(C)C)CC2)CN(C)C1=O. The third-order valence-electron chi connectivity index (χ3n) is 4.20. The first-order valence-corrected chi connectivity index (χ1v) is 8.00. The molecule has 2 heterocycles. The molecule has 128 valence electrons. The van der Waals surface area contributed by atoms with Crippen LogP contribution in [0.4, 0.5) is 4.79 Å². The number of hydrogen-bond donors (Lipinski definition) is 0. The fourth-order valence-electron chi connectivity index (χ4n) is 3.08. The molecule has 2 saturated heterocycles. The van der Waals surface area contributed by atoms with Crippen molar-refractivity contribution in [3.63, 3.8) is 0 Å². The van der Waals surface area contributed by atoms with Gasteiger partial charge in [-0.15, -0.1) is 12.3 Å². The molecule has 0 bridgehead atoms. The van der Waals surface area contributed by atoms with Crippen LogP contribution in [0.25, 0.3) is 0 Å². The minimum Gasteiger partial charge on any atom is -0.444 e. The molecule has 1 spiro atoms. The number of carbonyl (C=O) groups excluding carboxylic acids is 2. The number of piperidine rings is 1. The number of likely N-dealkylation sites (tertiary alicyclic amines) is 1. The van der Waals surface area contributed by atoms with Crippen LogP contribution in [-0.2, 0) is 14.3 Å². The molecule has 6 heteroatoms. The molecule has 0 N–H and O–H groups in total. The second kappa shape index (κ2) is 6.40. The monoisotopic (exact) mass is 322 g/mol. The highest BCUT2D eigenvalue weighted by Crippen LogP contribution is 2.33. The molecular weight excluding hydrogens is 296 g/mol. The average Bonchev–Trinajstić information content (AvgIpc) is 2.43. The maximum absolute atomic E-state index is 12.1. The Balaban J connectivity index is 1.98. The van der Waals surface area contributed by atoms with Crippen LogP contribution in [0.3, 0.4) is 0 Å². The molecule has 2 amide bonds. The van der Waals surface area contributed by atoms with Crippen LogP contribution in [0.5, 0.6) is 0 Å². The molecule has 0 aromatic heterocycles. The fourth-order valence-corrected chi connectivity index (χ4v) is 3.08. The van der Waals surface area contributed by atoms with Gasteiger partial charge in [0.15, 0.2) is 0 Å². The number of rotatable bonds is 1. The van der Waals surface area contributed by atoms with Gasteiger partial charge in [-0.3, -0.25) is 4.79 Å². The molecule has 23 heavy (non-hydrogen) atoms. The summed E-state index contributed by atoms with van der Waals surface area (Å²) >= 11 is 0. The topological polar surface area (TPSA) is 59.1 Å². The van der Waals surface area contributed by atoms with Crippen molar-refractivity contribution in [1.29, 1.82) is 0 Å². The lowest BCUT2D eigenvalue weighted by atomic mass is 9.88. The van der Waals surface area contributed by atoms with E-state index in [0.717, 1.165) is 0 Å². The van der Waals surface area contributed by atoms with Gasteiger partial charge in [0, 0.05) is 33.1 Å². The van der Waals surface area contributed by atoms with Crippen molar-refractivity contribution in [3.8, 4) is 12.3 Å². The van der Waals surface area contributed by atoms with Gasteiger partial charge >= 0.3 is 6.09 Å². The molecular formula is C17H26N2O4. The summed E-state index contributed by atoms with van der Waals surface area (Å²) in [5.41, 5.74) is -0.916. The van der Waals surface area contributed by atoms with Crippen molar-refractivity contribution < 1.29 is 19.1 Å². The first-order valence-electron chi connectivity index (χ1n) is 8.00. The van der Waals surface area contributed by atoms with Gasteiger partial charge in [-0.2, -0.15) is 0 Å². The number of carbonyl (C=O) groups is 2. The molecule has 0 saturated carbocycles. The molecule has 0 aromatic rings. The average molecular weight is 322 g/mol. The van der Waals surface area contributed by atoms with Crippen molar-refractivity contribution >= 4 is 12.0 Å².